The molecule has 0 unspecified atom stereocenters. The highest BCUT2D eigenvalue weighted by molar-refractivity contribution is 9.10. The lowest BCUT2D eigenvalue weighted by molar-refractivity contribution is 0.609. The third-order valence-corrected chi connectivity index (χ3v) is 3.12. The van der Waals surface area contributed by atoms with Crippen LogP contribution in [-0.2, 0) is 15.5 Å². The van der Waals surface area contributed by atoms with E-state index in [0.717, 1.165) is 5.56 Å². The van der Waals surface area contributed by atoms with Crippen molar-refractivity contribution in [3.05, 3.63) is 16.4 Å². The van der Waals surface area contributed by atoms with Gasteiger partial charge in [0, 0.05) is 16.2 Å². The zero-order valence-electron chi connectivity index (χ0n) is 5.92. The summed E-state index contributed by atoms with van der Waals surface area (Å²) < 4.78 is 21.8. The van der Waals surface area contributed by atoms with Crippen molar-refractivity contribution in [1.29, 1.82) is 0 Å². The number of H-pyrrole nitrogens is 1. The second-order valence-corrected chi connectivity index (χ2v) is 5.89. The number of aromatic nitrogens is 2. The van der Waals surface area contributed by atoms with Gasteiger partial charge in [-0.25, -0.2) is 8.42 Å². The largest absolute Gasteiger partial charge is 0.271 e. The van der Waals surface area contributed by atoms with E-state index in [1.54, 1.807) is 6.20 Å². The molecule has 0 aromatic carbocycles. The van der Waals surface area contributed by atoms with Crippen molar-refractivity contribution < 1.29 is 8.42 Å². The van der Waals surface area contributed by atoms with Gasteiger partial charge in [0.05, 0.1) is 11.9 Å². The van der Waals surface area contributed by atoms with Crippen molar-refractivity contribution in [2.24, 2.45) is 0 Å². The second-order valence-electron chi connectivity index (χ2n) is 2.20. The Bertz CT molecular complexity index is 361. The molecule has 0 saturated heterocycles. The van der Waals surface area contributed by atoms with E-state index >= 15 is 0 Å². The van der Waals surface area contributed by atoms with Crippen molar-refractivity contribution in [1.82, 2.24) is 10.2 Å². The Balaban J connectivity index is 2.61. The van der Waals surface area contributed by atoms with Crippen LogP contribution in [0.5, 0.6) is 0 Å². The fourth-order valence-electron chi connectivity index (χ4n) is 0.702. The van der Waals surface area contributed by atoms with E-state index in [1.165, 1.54) is 0 Å². The van der Waals surface area contributed by atoms with Crippen LogP contribution in [-0.4, -0.2) is 24.4 Å². The van der Waals surface area contributed by atoms with Crippen molar-refractivity contribution in [2.45, 2.75) is 6.42 Å². The summed E-state index contributed by atoms with van der Waals surface area (Å²) >= 11 is 3.18. The Kier molecular flexibility index (Phi) is 3.14. The summed E-state index contributed by atoms with van der Waals surface area (Å²) in [6.45, 7) is 0. The maximum Gasteiger partial charge on any atom is 0.232 e. The first-order valence-corrected chi connectivity index (χ1v) is 6.36. The molecule has 1 heterocycles. The van der Waals surface area contributed by atoms with Gasteiger partial charge in [-0.2, -0.15) is 5.10 Å². The number of nitrogens with zero attached hydrogens (tertiary/aromatic N) is 1. The van der Waals surface area contributed by atoms with Gasteiger partial charge in [0.25, 0.3) is 0 Å². The van der Waals surface area contributed by atoms with Crippen LogP contribution in [0, 0.1) is 0 Å². The van der Waals surface area contributed by atoms with Crippen molar-refractivity contribution in [3.8, 4) is 0 Å². The molecule has 68 valence electrons. The molecule has 0 aliphatic carbocycles. The Morgan fingerprint density at radius 1 is 1.67 bits per heavy atom. The lowest BCUT2D eigenvalue weighted by Gasteiger charge is -1.93. The van der Waals surface area contributed by atoms with E-state index in [4.69, 9.17) is 10.7 Å². The molecule has 0 atom stereocenters. The number of hydrogen-bond donors (Lipinski definition) is 1. The van der Waals surface area contributed by atoms with E-state index in [2.05, 4.69) is 26.1 Å². The molecule has 1 aromatic heterocycles. The van der Waals surface area contributed by atoms with Crippen LogP contribution in [0.4, 0.5) is 0 Å². The topological polar surface area (TPSA) is 62.8 Å². The molecule has 0 aliphatic rings. The Hall–Kier alpha value is -0.0700. The Morgan fingerprint density at radius 3 is 2.75 bits per heavy atom. The third-order valence-electron chi connectivity index (χ3n) is 1.28. The molecule has 0 fully saturated rings. The number of rotatable bonds is 3. The average Bonchev–Trinajstić information content (AvgIpc) is 2.29. The molecule has 0 spiro atoms. The van der Waals surface area contributed by atoms with E-state index in [9.17, 15) is 8.42 Å². The van der Waals surface area contributed by atoms with Crippen molar-refractivity contribution >= 4 is 35.7 Å². The first-order valence-electron chi connectivity index (χ1n) is 3.09. The van der Waals surface area contributed by atoms with Crippen LogP contribution in [0.25, 0.3) is 0 Å². The summed E-state index contributed by atoms with van der Waals surface area (Å²) in [5.74, 6) is -0.0767. The highest BCUT2D eigenvalue weighted by Crippen LogP contribution is 2.13. The minimum absolute atomic E-state index is 0.0767. The number of halogens is 2. The van der Waals surface area contributed by atoms with Gasteiger partial charge in [0.15, 0.2) is 0 Å². The summed E-state index contributed by atoms with van der Waals surface area (Å²) in [4.78, 5) is 0. The van der Waals surface area contributed by atoms with E-state index in [0.29, 0.717) is 11.0 Å². The van der Waals surface area contributed by atoms with E-state index < -0.39 is 9.05 Å². The van der Waals surface area contributed by atoms with Gasteiger partial charge in [-0.15, -0.1) is 0 Å². The minimum atomic E-state index is -3.41. The monoisotopic (exact) mass is 272 g/mol. The normalized spacial score (nSPS) is 11.8. The quantitative estimate of drug-likeness (QED) is 0.844. The van der Waals surface area contributed by atoms with Gasteiger partial charge in [0.2, 0.25) is 9.05 Å². The van der Waals surface area contributed by atoms with Gasteiger partial charge in [-0.3, -0.25) is 5.10 Å². The van der Waals surface area contributed by atoms with Crippen LogP contribution in [0.3, 0.4) is 0 Å². The molecule has 1 rings (SSSR count). The highest BCUT2D eigenvalue weighted by atomic mass is 79.9. The molecule has 12 heavy (non-hydrogen) atoms. The fourth-order valence-corrected chi connectivity index (χ4v) is 1.80. The predicted octanol–water partition coefficient (Wildman–Crippen LogP) is 1.28. The average molecular weight is 274 g/mol. The molecule has 0 bridgehead atoms. The van der Waals surface area contributed by atoms with E-state index in [-0.39, 0.29) is 5.75 Å². The second kappa shape index (κ2) is 3.76. The van der Waals surface area contributed by atoms with Crippen LogP contribution >= 0.6 is 26.6 Å². The minimum Gasteiger partial charge on any atom is -0.271 e. The number of aryl methyl sites for hydroxylation is 1. The zero-order valence-corrected chi connectivity index (χ0v) is 9.08. The Morgan fingerprint density at radius 2 is 2.33 bits per heavy atom. The number of hydrogen-bond acceptors (Lipinski definition) is 3. The van der Waals surface area contributed by atoms with Crippen molar-refractivity contribution in [3.63, 3.8) is 0 Å². The lowest BCUT2D eigenvalue weighted by atomic mass is 10.3. The molecule has 1 N–H and O–H groups in total. The molecule has 7 heteroatoms. The smallest absolute Gasteiger partial charge is 0.232 e. The first-order chi connectivity index (χ1) is 5.49. The fraction of sp³-hybridized carbons (Fsp3) is 0.400. The Labute approximate surface area is 82.9 Å². The first kappa shape index (κ1) is 10.0. The molecule has 0 aliphatic heterocycles. The summed E-state index contributed by atoms with van der Waals surface area (Å²) in [6, 6.07) is 0. The SMILES string of the molecule is O=S(=O)(Cl)CCc1cn[nH]c1Br. The van der Waals surface area contributed by atoms with Crippen LogP contribution in [0.15, 0.2) is 10.8 Å². The molecule has 0 saturated carbocycles. The number of aromatic amines is 1. The molecule has 0 radical (unpaired) electrons. The molecule has 4 nitrogen and oxygen atoms in total. The summed E-state index contributed by atoms with van der Waals surface area (Å²) in [6.07, 6.45) is 1.93. The zero-order chi connectivity index (χ0) is 9.19. The van der Waals surface area contributed by atoms with Gasteiger partial charge in [0.1, 0.15) is 4.60 Å². The molecular weight excluding hydrogens is 267 g/mol. The highest BCUT2D eigenvalue weighted by Gasteiger charge is 2.08. The third kappa shape index (κ3) is 3.12. The molecule has 0 amide bonds. The van der Waals surface area contributed by atoms with Crippen LogP contribution < -0.4 is 0 Å². The van der Waals surface area contributed by atoms with E-state index in [1.807, 2.05) is 0 Å². The maximum atomic E-state index is 10.6. The van der Waals surface area contributed by atoms with Crippen molar-refractivity contribution in [2.75, 3.05) is 5.75 Å². The van der Waals surface area contributed by atoms with Crippen LogP contribution in [0.2, 0.25) is 0 Å². The standard InChI is InChI=1S/C5H6BrClN2O2S/c6-5-4(3-8-9-5)1-2-12(7,10)11/h3H,1-2H2,(H,8,9). The number of nitrogens with one attached hydrogen (secondary N) is 1. The molecule has 1 aromatic rings. The summed E-state index contributed by atoms with van der Waals surface area (Å²) in [7, 11) is 1.62. The maximum absolute atomic E-state index is 10.6. The predicted molar refractivity (Wildman–Crippen MR) is 49.6 cm³/mol. The van der Waals surface area contributed by atoms with Crippen LogP contribution in [0.1, 0.15) is 5.56 Å². The molecular formula is C5H6BrClN2O2S. The summed E-state index contributed by atoms with van der Waals surface area (Å²) in [5.41, 5.74) is 0.805. The van der Waals surface area contributed by atoms with Gasteiger partial charge in [-0.05, 0) is 22.4 Å². The summed E-state index contributed by atoms with van der Waals surface area (Å²) in [5, 5.41) is 6.35. The van der Waals surface area contributed by atoms with Gasteiger partial charge >= 0.3 is 0 Å². The lowest BCUT2D eigenvalue weighted by Crippen LogP contribution is -2.00. The van der Waals surface area contributed by atoms with Gasteiger partial charge in [-0.1, -0.05) is 0 Å². The van der Waals surface area contributed by atoms with Gasteiger partial charge < -0.3 is 0 Å².